The molecule has 2 amide bonds. The molecule has 0 saturated carbocycles. The van der Waals surface area contributed by atoms with Gasteiger partial charge in [0.2, 0.25) is 11.8 Å². The van der Waals surface area contributed by atoms with Gasteiger partial charge in [-0.1, -0.05) is 12.1 Å². The molecule has 208 valence electrons. The Morgan fingerprint density at radius 1 is 1.13 bits per heavy atom. The summed E-state index contributed by atoms with van der Waals surface area (Å²) in [4.78, 5) is 45.8. The summed E-state index contributed by atoms with van der Waals surface area (Å²) in [5.41, 5.74) is 1.10. The molecule has 11 nitrogen and oxygen atoms in total. The van der Waals surface area contributed by atoms with E-state index in [4.69, 9.17) is 9.84 Å². The molecule has 39 heavy (non-hydrogen) atoms. The van der Waals surface area contributed by atoms with Crippen molar-refractivity contribution in [2.45, 2.75) is 51.0 Å². The Hall–Kier alpha value is -4.04. The molecular formula is C28H36N6O5. The van der Waals surface area contributed by atoms with Crippen LogP contribution in [0.2, 0.25) is 0 Å². The lowest BCUT2D eigenvalue weighted by Crippen LogP contribution is -2.49. The largest absolute Gasteiger partial charge is 0.461 e. The number of fused-ring (bicyclic) bond motifs is 1. The Morgan fingerprint density at radius 3 is 2.69 bits per heavy atom. The molecule has 2 aliphatic heterocycles. The third kappa shape index (κ3) is 7.09. The van der Waals surface area contributed by atoms with Crippen LogP contribution in [0.4, 0.5) is 5.69 Å². The van der Waals surface area contributed by atoms with E-state index in [0.717, 1.165) is 49.7 Å². The number of aliphatic hydroxyl groups is 1. The number of carbonyl (C=O) groups excluding carboxylic acids is 3. The van der Waals surface area contributed by atoms with Gasteiger partial charge in [-0.05, 0) is 57.1 Å². The topological polar surface area (TPSA) is 151 Å². The summed E-state index contributed by atoms with van der Waals surface area (Å²) in [6, 6.07) is 8.68. The van der Waals surface area contributed by atoms with E-state index >= 15 is 0 Å². The maximum Gasteiger partial charge on any atom is 0.352 e. The molecular weight excluding hydrogens is 500 g/mol. The minimum atomic E-state index is -0.828. The van der Waals surface area contributed by atoms with Crippen molar-refractivity contribution < 1.29 is 24.2 Å². The minimum absolute atomic E-state index is 0.0171. The molecule has 3 heterocycles. The number of esters is 1. The molecule has 1 aromatic heterocycles. The summed E-state index contributed by atoms with van der Waals surface area (Å²) in [5.74, 6) is -1.06. The van der Waals surface area contributed by atoms with Gasteiger partial charge in [0.25, 0.3) is 0 Å². The predicted molar refractivity (Wildman–Crippen MR) is 145 cm³/mol. The van der Waals surface area contributed by atoms with Crippen LogP contribution < -0.4 is 10.6 Å². The summed E-state index contributed by atoms with van der Waals surface area (Å²) in [6.45, 7) is 1.96. The van der Waals surface area contributed by atoms with Gasteiger partial charge in [-0.15, -0.1) is 0 Å². The number of benzene rings is 1. The maximum absolute atomic E-state index is 13.6. The van der Waals surface area contributed by atoms with Crippen molar-refractivity contribution in [3.05, 3.63) is 41.9 Å². The van der Waals surface area contributed by atoms with Crippen molar-refractivity contribution >= 4 is 34.4 Å². The van der Waals surface area contributed by atoms with Crippen LogP contribution in [0.1, 0.15) is 44.9 Å². The van der Waals surface area contributed by atoms with Crippen LogP contribution in [0, 0.1) is 11.3 Å². The molecule has 0 bridgehead atoms. The molecule has 1 atom stereocenters. The van der Waals surface area contributed by atoms with Crippen molar-refractivity contribution in [1.82, 2.24) is 20.1 Å². The standard InChI is InChI=1S/C28H36N6O5/c29-18-21(28(38)39-17-6-5-16-35)26(31-22-10-7-8-20-11-12-30-25(20)22)32-23-9-1-2-15-34(27(23)37)19-24(36)33-13-3-4-14-33/h7-8,10-12,23,30-32,35H,1-6,9,13-17,19H2/b26-21-/t23-/m0/s1. The SMILES string of the molecule is N#C/C(C(=O)OCCCCO)=C(\Nc1cccc2cc[nH]c12)N[C@H]1CCCCN(CC(=O)N2CCCC2)C1=O. The van der Waals surface area contributed by atoms with Crippen LogP contribution in [0.25, 0.3) is 10.9 Å². The first-order chi connectivity index (χ1) is 19.0. The Balaban J connectivity index is 1.59. The molecule has 2 aliphatic rings. The lowest BCUT2D eigenvalue weighted by atomic mass is 10.1. The lowest BCUT2D eigenvalue weighted by Gasteiger charge is -2.28. The van der Waals surface area contributed by atoms with Gasteiger partial charge >= 0.3 is 5.97 Å². The number of amides is 2. The third-order valence-electron chi connectivity index (χ3n) is 7.08. The molecule has 4 N–H and O–H groups in total. The van der Waals surface area contributed by atoms with Crippen molar-refractivity contribution in [1.29, 1.82) is 5.26 Å². The molecule has 0 spiro atoms. The van der Waals surface area contributed by atoms with Gasteiger partial charge in [0.05, 0.1) is 24.4 Å². The molecule has 11 heteroatoms. The third-order valence-corrected chi connectivity index (χ3v) is 7.08. The summed E-state index contributed by atoms with van der Waals surface area (Å²) >= 11 is 0. The van der Waals surface area contributed by atoms with E-state index in [1.807, 2.05) is 24.3 Å². The average molecular weight is 537 g/mol. The highest BCUT2D eigenvalue weighted by atomic mass is 16.5. The van der Waals surface area contributed by atoms with E-state index in [9.17, 15) is 19.6 Å². The molecule has 0 aliphatic carbocycles. The number of aromatic nitrogens is 1. The van der Waals surface area contributed by atoms with E-state index in [1.165, 1.54) is 0 Å². The smallest absolute Gasteiger partial charge is 0.352 e. The molecule has 2 aromatic rings. The Kier molecular flexibility index (Phi) is 9.80. The van der Waals surface area contributed by atoms with Gasteiger partial charge in [-0.2, -0.15) is 5.26 Å². The first-order valence-corrected chi connectivity index (χ1v) is 13.6. The number of aliphatic hydroxyl groups excluding tert-OH is 1. The monoisotopic (exact) mass is 536 g/mol. The summed E-state index contributed by atoms with van der Waals surface area (Å²) in [6.07, 6.45) is 6.65. The molecule has 2 fully saturated rings. The average Bonchev–Trinajstić information content (AvgIpc) is 3.62. The number of hydrogen-bond donors (Lipinski definition) is 4. The number of anilines is 1. The van der Waals surface area contributed by atoms with Crippen LogP contribution >= 0.6 is 0 Å². The zero-order chi connectivity index (χ0) is 27.6. The number of rotatable bonds is 11. The fourth-order valence-electron chi connectivity index (χ4n) is 4.95. The number of ether oxygens (including phenoxy) is 1. The molecule has 0 unspecified atom stereocenters. The van der Waals surface area contributed by atoms with Crippen LogP contribution in [-0.2, 0) is 19.1 Å². The zero-order valence-corrected chi connectivity index (χ0v) is 22.1. The number of H-pyrrole nitrogens is 1. The Morgan fingerprint density at radius 2 is 1.92 bits per heavy atom. The van der Waals surface area contributed by atoms with E-state index in [2.05, 4.69) is 15.6 Å². The summed E-state index contributed by atoms with van der Waals surface area (Å²) in [5, 5.41) is 26.2. The zero-order valence-electron chi connectivity index (χ0n) is 22.1. The van der Waals surface area contributed by atoms with Gasteiger partial charge < -0.3 is 35.3 Å². The number of aromatic amines is 1. The van der Waals surface area contributed by atoms with Crippen molar-refractivity contribution in [3.63, 3.8) is 0 Å². The second-order valence-electron chi connectivity index (χ2n) is 9.84. The van der Waals surface area contributed by atoms with Gasteiger partial charge in [-0.25, -0.2) is 4.79 Å². The first kappa shape index (κ1) is 28.0. The van der Waals surface area contributed by atoms with E-state index in [-0.39, 0.29) is 43.0 Å². The Labute approximate surface area is 227 Å². The number of nitrogens with one attached hydrogen (secondary N) is 3. The first-order valence-electron chi connectivity index (χ1n) is 13.6. The minimum Gasteiger partial charge on any atom is -0.461 e. The summed E-state index contributed by atoms with van der Waals surface area (Å²) in [7, 11) is 0. The van der Waals surface area contributed by atoms with E-state index in [0.29, 0.717) is 31.5 Å². The van der Waals surface area contributed by atoms with E-state index < -0.39 is 12.0 Å². The normalized spacial score (nSPS) is 18.4. The molecule has 1 aromatic carbocycles. The fraction of sp³-hybridized carbons (Fsp3) is 0.500. The van der Waals surface area contributed by atoms with Crippen molar-refractivity contribution in [3.8, 4) is 6.07 Å². The fourth-order valence-corrected chi connectivity index (χ4v) is 4.95. The number of para-hydroxylation sites is 1. The summed E-state index contributed by atoms with van der Waals surface area (Å²) < 4.78 is 5.30. The van der Waals surface area contributed by atoms with Crippen molar-refractivity contribution in [2.75, 3.05) is 44.7 Å². The molecule has 0 radical (unpaired) electrons. The number of nitrogens with zero attached hydrogens (tertiary/aromatic N) is 3. The highest BCUT2D eigenvalue weighted by Gasteiger charge is 2.32. The number of likely N-dealkylation sites (tertiary alicyclic amines) is 2. The van der Waals surface area contributed by atoms with Crippen LogP contribution in [0.15, 0.2) is 41.9 Å². The second-order valence-corrected chi connectivity index (χ2v) is 9.84. The number of hydrogen-bond acceptors (Lipinski definition) is 8. The van der Waals surface area contributed by atoms with Crippen LogP contribution in [0.3, 0.4) is 0 Å². The van der Waals surface area contributed by atoms with Crippen LogP contribution in [0.5, 0.6) is 0 Å². The highest BCUT2D eigenvalue weighted by Crippen LogP contribution is 2.24. The predicted octanol–water partition coefficient (Wildman–Crippen LogP) is 2.22. The van der Waals surface area contributed by atoms with E-state index in [1.54, 1.807) is 22.1 Å². The quantitative estimate of drug-likeness (QED) is 0.148. The Bertz CT molecular complexity index is 1240. The van der Waals surface area contributed by atoms with Gasteiger partial charge in [-0.3, -0.25) is 9.59 Å². The molecule has 2 saturated heterocycles. The molecule has 4 rings (SSSR count). The maximum atomic E-state index is 13.6. The lowest BCUT2D eigenvalue weighted by molar-refractivity contribution is -0.140. The highest BCUT2D eigenvalue weighted by molar-refractivity contribution is 5.96. The number of unbranched alkanes of at least 4 members (excludes halogenated alkanes) is 1. The second kappa shape index (κ2) is 13.7. The van der Waals surface area contributed by atoms with Gasteiger partial charge in [0.15, 0.2) is 5.57 Å². The van der Waals surface area contributed by atoms with Gasteiger partial charge in [0, 0.05) is 37.8 Å². The van der Waals surface area contributed by atoms with Crippen LogP contribution in [-0.4, -0.2) is 83.1 Å². The number of carbonyl (C=O) groups is 3. The number of nitriles is 1. The van der Waals surface area contributed by atoms with Crippen molar-refractivity contribution in [2.24, 2.45) is 0 Å². The van der Waals surface area contributed by atoms with Gasteiger partial charge in [0.1, 0.15) is 17.9 Å².